The van der Waals surface area contributed by atoms with Crippen LogP contribution in [0.2, 0.25) is 5.02 Å². The molecule has 3 saturated heterocycles. The van der Waals surface area contributed by atoms with Crippen molar-refractivity contribution < 1.29 is 24.5 Å². The summed E-state index contributed by atoms with van der Waals surface area (Å²) in [4.78, 5) is 48.7. The van der Waals surface area contributed by atoms with Crippen molar-refractivity contribution in [2.45, 2.75) is 71.8 Å². The number of aromatic hydroxyl groups is 2. The minimum atomic E-state index is -0.209. The Balaban J connectivity index is 0.764. The van der Waals surface area contributed by atoms with Crippen molar-refractivity contribution in [3.05, 3.63) is 118 Å². The van der Waals surface area contributed by atoms with Crippen molar-refractivity contribution >= 4 is 63.1 Å². The lowest BCUT2D eigenvalue weighted by Crippen LogP contribution is -2.49. The van der Waals surface area contributed by atoms with Crippen LogP contribution in [0.3, 0.4) is 0 Å². The number of hydrogen-bond donors (Lipinski definition) is 4. The zero-order chi connectivity index (χ0) is 50.6. The number of hydrogen-bond acceptors (Lipinski definition) is 12. The topological polar surface area (TPSA) is 177 Å². The second-order valence-electron chi connectivity index (χ2n) is 20.0. The van der Waals surface area contributed by atoms with Crippen LogP contribution < -0.4 is 19.4 Å². The van der Waals surface area contributed by atoms with Gasteiger partial charge in [0.05, 0.1) is 22.8 Å². The molecule has 1 aromatic heterocycles. The molecule has 0 saturated carbocycles. The van der Waals surface area contributed by atoms with Gasteiger partial charge >= 0.3 is 6.01 Å². The molecule has 0 bridgehead atoms. The first-order valence-electron chi connectivity index (χ1n) is 25.5. The fraction of sp³-hybridized carbons (Fsp3) is 0.429. The number of carbonyl (C=O) groups excluding carboxylic acids is 2. The molecule has 0 spiro atoms. The second kappa shape index (κ2) is 22.0. The number of amidine groups is 2. The van der Waals surface area contributed by atoms with Gasteiger partial charge in [-0.1, -0.05) is 68.4 Å². The normalized spacial score (nSPS) is 17.0. The van der Waals surface area contributed by atoms with Crippen LogP contribution in [0.15, 0.2) is 85.5 Å². The van der Waals surface area contributed by atoms with Gasteiger partial charge in [-0.2, -0.15) is 9.97 Å². The average molecular weight is 996 g/mol. The van der Waals surface area contributed by atoms with Gasteiger partial charge in [0.2, 0.25) is 11.8 Å². The fourth-order valence-electron chi connectivity index (χ4n) is 11.0. The summed E-state index contributed by atoms with van der Waals surface area (Å²) in [5.74, 6) is 1.40. The van der Waals surface area contributed by atoms with Gasteiger partial charge in [-0.05, 0) is 123 Å². The average Bonchev–Trinajstić information content (AvgIpc) is 3.38. The molecular weight excluding hydrogens is 928 g/mol. The summed E-state index contributed by atoms with van der Waals surface area (Å²) in [7, 11) is 0. The SMILES string of the molecule is C=CC(=O)N1CCN(c2nc(OCCN3CCC(C(=O)N4CCC(Cc5ccc(N(C(C)=N)C(=N)c6cc(C(C)C)c(O)cc6O)cc5)CC4)CC3)nc3c2CCN(c2cccc4cccc(Cl)c24)C3)CC1. The van der Waals surface area contributed by atoms with Crippen LogP contribution in [0.4, 0.5) is 17.2 Å². The Kier molecular flexibility index (Phi) is 15.3. The zero-order valence-corrected chi connectivity index (χ0v) is 42.5. The molecule has 2 amide bonds. The Morgan fingerprint density at radius 2 is 1.57 bits per heavy atom. The second-order valence-corrected chi connectivity index (χ2v) is 20.4. The Morgan fingerprint density at radius 1 is 0.861 bits per heavy atom. The maximum Gasteiger partial charge on any atom is 0.318 e. The monoisotopic (exact) mass is 994 g/mol. The van der Waals surface area contributed by atoms with E-state index in [-0.39, 0.29) is 52.4 Å². The Hall–Kier alpha value is -6.71. The third kappa shape index (κ3) is 10.9. The van der Waals surface area contributed by atoms with E-state index in [0.29, 0.717) is 69.1 Å². The summed E-state index contributed by atoms with van der Waals surface area (Å²) in [5.41, 5.74) is 5.81. The van der Waals surface area contributed by atoms with Gasteiger partial charge in [0, 0.05) is 86.7 Å². The molecule has 0 unspecified atom stereocenters. The highest BCUT2D eigenvalue weighted by atomic mass is 35.5. The van der Waals surface area contributed by atoms with Gasteiger partial charge in [-0.15, -0.1) is 0 Å². The van der Waals surface area contributed by atoms with E-state index in [9.17, 15) is 19.8 Å². The van der Waals surface area contributed by atoms with Gasteiger partial charge in [0.25, 0.3) is 0 Å². The molecular formula is C56H67ClN10O5. The molecule has 0 aliphatic carbocycles. The lowest BCUT2D eigenvalue weighted by atomic mass is 9.88. The molecule has 16 heteroatoms. The van der Waals surface area contributed by atoms with Crippen LogP contribution >= 0.6 is 11.6 Å². The fourth-order valence-corrected chi connectivity index (χ4v) is 11.3. The summed E-state index contributed by atoms with van der Waals surface area (Å²) >= 11 is 6.78. The number of likely N-dealkylation sites (tertiary alicyclic amines) is 2. The van der Waals surface area contributed by atoms with Gasteiger partial charge in [0.1, 0.15) is 35.6 Å². The highest BCUT2D eigenvalue weighted by Crippen LogP contribution is 2.38. The molecule has 5 aromatic rings. The van der Waals surface area contributed by atoms with Crippen molar-refractivity contribution in [2.24, 2.45) is 11.8 Å². The molecule has 9 rings (SSSR count). The van der Waals surface area contributed by atoms with E-state index in [4.69, 9.17) is 37.1 Å². The molecule has 0 radical (unpaired) electrons. The summed E-state index contributed by atoms with van der Waals surface area (Å²) in [6.45, 7) is 17.3. The first-order chi connectivity index (χ1) is 34.8. The molecule has 4 aromatic carbocycles. The number of nitrogens with one attached hydrogen (secondary N) is 2. The van der Waals surface area contributed by atoms with Crippen molar-refractivity contribution in [3.63, 3.8) is 0 Å². The van der Waals surface area contributed by atoms with Crippen molar-refractivity contribution in [1.82, 2.24) is 24.7 Å². The van der Waals surface area contributed by atoms with E-state index in [2.05, 4.69) is 50.4 Å². The molecule has 0 atom stereocenters. The van der Waals surface area contributed by atoms with Gasteiger partial charge < -0.3 is 34.5 Å². The van der Waals surface area contributed by atoms with E-state index in [1.807, 2.05) is 55.1 Å². The number of piperidine rings is 2. The third-order valence-corrected chi connectivity index (χ3v) is 15.4. The number of amides is 2. The zero-order valence-electron chi connectivity index (χ0n) is 41.7. The number of carbonyl (C=O) groups is 2. The number of anilines is 3. The summed E-state index contributed by atoms with van der Waals surface area (Å²) in [6.07, 6.45) is 6.52. The minimum Gasteiger partial charge on any atom is -0.508 e. The summed E-state index contributed by atoms with van der Waals surface area (Å²) < 4.78 is 6.39. The summed E-state index contributed by atoms with van der Waals surface area (Å²) in [6, 6.07) is 23.4. The van der Waals surface area contributed by atoms with Gasteiger partial charge in [0.15, 0.2) is 0 Å². The number of benzene rings is 4. The number of halogens is 1. The largest absolute Gasteiger partial charge is 0.508 e. The van der Waals surface area contributed by atoms with Crippen LogP contribution in [-0.4, -0.2) is 130 Å². The molecule has 4 aliphatic heterocycles. The number of rotatable bonds is 13. The number of piperazine rings is 1. The molecule has 3 fully saturated rings. The smallest absolute Gasteiger partial charge is 0.318 e. The van der Waals surface area contributed by atoms with Gasteiger partial charge in [-0.3, -0.25) is 30.2 Å². The minimum absolute atomic E-state index is 0.0121. The van der Waals surface area contributed by atoms with E-state index in [0.717, 1.165) is 115 Å². The lowest BCUT2D eigenvalue weighted by Gasteiger charge is -2.38. The molecule has 4 aliphatic rings. The third-order valence-electron chi connectivity index (χ3n) is 15.1. The molecule has 15 nitrogen and oxygen atoms in total. The highest BCUT2D eigenvalue weighted by Gasteiger charge is 2.33. The Bertz CT molecular complexity index is 2830. The molecule has 4 N–H and O–H groups in total. The highest BCUT2D eigenvalue weighted by molar-refractivity contribution is 6.36. The summed E-state index contributed by atoms with van der Waals surface area (Å²) in [5, 5.41) is 41.3. The number of fused-ring (bicyclic) bond motifs is 2. The van der Waals surface area contributed by atoms with Crippen molar-refractivity contribution in [2.75, 3.05) is 86.8 Å². The van der Waals surface area contributed by atoms with Crippen LogP contribution in [-0.2, 0) is 29.0 Å². The molecule has 5 heterocycles. The molecule has 72 heavy (non-hydrogen) atoms. The Morgan fingerprint density at radius 3 is 2.25 bits per heavy atom. The number of aromatic nitrogens is 2. The van der Waals surface area contributed by atoms with Crippen molar-refractivity contribution in [3.8, 4) is 17.5 Å². The Labute approximate surface area is 427 Å². The van der Waals surface area contributed by atoms with Crippen LogP contribution in [0.25, 0.3) is 10.8 Å². The van der Waals surface area contributed by atoms with E-state index in [1.165, 1.54) is 17.0 Å². The van der Waals surface area contributed by atoms with Crippen LogP contribution in [0, 0.1) is 22.7 Å². The predicted octanol–water partition coefficient (Wildman–Crippen LogP) is 8.62. The lowest BCUT2D eigenvalue weighted by molar-refractivity contribution is -0.138. The van der Waals surface area contributed by atoms with Crippen LogP contribution in [0.1, 0.15) is 80.3 Å². The van der Waals surface area contributed by atoms with Crippen LogP contribution in [0.5, 0.6) is 17.5 Å². The number of phenolic OH excluding ortho intramolecular Hbond substituents is 2. The van der Waals surface area contributed by atoms with Crippen molar-refractivity contribution in [1.29, 1.82) is 10.8 Å². The number of phenols is 2. The quantitative estimate of drug-likeness (QED) is 0.0505. The van der Waals surface area contributed by atoms with Gasteiger partial charge in [-0.25, -0.2) is 0 Å². The first kappa shape index (κ1) is 50.2. The predicted molar refractivity (Wildman–Crippen MR) is 285 cm³/mol. The van der Waals surface area contributed by atoms with E-state index < -0.39 is 0 Å². The van der Waals surface area contributed by atoms with E-state index in [1.54, 1.807) is 13.0 Å². The number of nitrogens with zero attached hydrogens (tertiary/aromatic N) is 8. The maximum absolute atomic E-state index is 13.8. The standard InChI is InChI=1S/C56H67ClN10O5/c1-5-51(70)63-26-28-64(29-27-63)54-43-20-25-66(48-11-7-9-40-8-6-10-46(57)52(40)48)35-47(43)60-56(61-54)72-31-30-62-21-18-41(19-22-62)55(71)65-23-16-39(17-24-65)32-38-12-14-42(15-13-38)67(37(4)58)53(59)45-33-44(36(2)3)49(68)34-50(45)69/h5-15,33-34,36,39,41,58-59,68-69H,1,16-32,35H2,2-4H3. The number of ether oxygens (including phenoxy) is 1. The van der Waals surface area contributed by atoms with E-state index >= 15 is 0 Å². The maximum atomic E-state index is 13.8. The first-order valence-corrected chi connectivity index (χ1v) is 25.8. The molecule has 378 valence electrons.